The molecule has 0 unspecified atom stereocenters. The van der Waals surface area contributed by atoms with Gasteiger partial charge in [-0.2, -0.15) is 0 Å². The van der Waals surface area contributed by atoms with Gasteiger partial charge in [0.05, 0.1) is 16.3 Å². The van der Waals surface area contributed by atoms with E-state index in [0.29, 0.717) is 18.7 Å². The molecule has 0 aliphatic carbocycles. The third kappa shape index (κ3) is 5.65. The minimum Gasteiger partial charge on any atom is -0.404 e. The number of hydrogen-bond donors (Lipinski definition) is 2. The molecule has 1 aromatic heterocycles. The van der Waals surface area contributed by atoms with Crippen LogP contribution in [0.25, 0.3) is 10.4 Å². The smallest absolute Gasteiger partial charge is 0.404 e. The zero-order valence-corrected chi connectivity index (χ0v) is 20.1. The number of halogens is 3. The molecule has 6 nitrogen and oxygen atoms in total. The topological polar surface area (TPSA) is 70.7 Å². The Morgan fingerprint density at radius 3 is 2.41 bits per heavy atom. The lowest BCUT2D eigenvalue weighted by Gasteiger charge is -2.38. The Labute approximate surface area is 200 Å². The van der Waals surface area contributed by atoms with E-state index in [-0.39, 0.29) is 34.1 Å². The number of rotatable bonds is 6. The molecule has 182 valence electrons. The van der Waals surface area contributed by atoms with Gasteiger partial charge in [0.15, 0.2) is 5.75 Å². The summed E-state index contributed by atoms with van der Waals surface area (Å²) < 4.78 is 72.5. The zero-order chi connectivity index (χ0) is 24.5. The summed E-state index contributed by atoms with van der Waals surface area (Å²) in [7, 11) is -4.02. The first-order chi connectivity index (χ1) is 16.0. The van der Waals surface area contributed by atoms with Crippen molar-refractivity contribution in [1.29, 1.82) is 0 Å². The van der Waals surface area contributed by atoms with E-state index in [4.69, 9.17) is 0 Å². The van der Waals surface area contributed by atoms with Gasteiger partial charge in [-0.1, -0.05) is 24.3 Å². The fourth-order valence-electron chi connectivity index (χ4n) is 4.11. The molecular formula is C23H24F3N3O3S2. The van der Waals surface area contributed by atoms with Gasteiger partial charge in [0.25, 0.3) is 10.0 Å². The summed E-state index contributed by atoms with van der Waals surface area (Å²) >= 11 is 1.41. The Hall–Kier alpha value is -2.76. The summed E-state index contributed by atoms with van der Waals surface area (Å²) in [6.45, 7) is 4.74. The lowest BCUT2D eigenvalue weighted by Crippen LogP contribution is -2.54. The highest BCUT2D eigenvalue weighted by Gasteiger charge is 2.34. The number of alkyl halides is 3. The van der Waals surface area contributed by atoms with Crippen LogP contribution in [0.3, 0.4) is 0 Å². The second kappa shape index (κ2) is 9.47. The highest BCUT2D eigenvalue weighted by Crippen LogP contribution is 2.37. The fraction of sp³-hybridized carbons (Fsp3) is 0.304. The van der Waals surface area contributed by atoms with E-state index in [1.165, 1.54) is 29.5 Å². The van der Waals surface area contributed by atoms with Crippen LogP contribution in [-0.2, 0) is 10.0 Å². The number of ether oxygens (including phenoxy) is 1. The van der Waals surface area contributed by atoms with Crippen molar-refractivity contribution in [3.8, 4) is 16.2 Å². The first-order valence-electron chi connectivity index (χ1n) is 10.6. The third-order valence-corrected chi connectivity index (χ3v) is 7.64. The van der Waals surface area contributed by atoms with Crippen LogP contribution < -0.4 is 19.7 Å². The summed E-state index contributed by atoms with van der Waals surface area (Å²) in [4.78, 5) is 2.64. The van der Waals surface area contributed by atoms with Crippen molar-refractivity contribution in [2.24, 2.45) is 0 Å². The quantitative estimate of drug-likeness (QED) is 0.470. The van der Waals surface area contributed by atoms with Crippen LogP contribution in [-0.4, -0.2) is 40.0 Å². The Balaban J connectivity index is 1.70. The Morgan fingerprint density at radius 1 is 1.06 bits per heavy atom. The second-order valence-electron chi connectivity index (χ2n) is 8.18. The van der Waals surface area contributed by atoms with Gasteiger partial charge in [-0.3, -0.25) is 4.72 Å². The highest BCUT2D eigenvalue weighted by atomic mass is 32.2. The third-order valence-electron chi connectivity index (χ3n) is 5.30. The summed E-state index contributed by atoms with van der Waals surface area (Å²) in [5, 5.41) is 5.18. The van der Waals surface area contributed by atoms with Crippen LogP contribution >= 0.6 is 11.3 Å². The molecule has 0 bridgehead atoms. The van der Waals surface area contributed by atoms with E-state index in [0.717, 1.165) is 10.9 Å². The SMILES string of the molecule is C[C@@H]1CN(c2cc(NS(=O)(=O)c3ccccc3-c3cccs3)ccc2OC(F)(F)F)C[C@H](C)N1. The van der Waals surface area contributed by atoms with Gasteiger partial charge in [0.2, 0.25) is 0 Å². The fourth-order valence-corrected chi connectivity index (χ4v) is 6.21. The standard InChI is InChI=1S/C23H24F3N3O3S2/c1-15-13-29(14-16(2)27-15)19-12-17(9-10-20(19)32-23(24,25)26)28-34(30,31)22-8-4-3-6-18(22)21-7-5-11-33-21/h3-12,15-16,27-28H,13-14H2,1-2H3/t15-,16+. The second-order valence-corrected chi connectivity index (χ2v) is 10.8. The van der Waals surface area contributed by atoms with Gasteiger partial charge in [0.1, 0.15) is 0 Å². The average molecular weight is 512 g/mol. The van der Waals surface area contributed by atoms with Crippen molar-refractivity contribution in [2.75, 3.05) is 22.7 Å². The maximum absolute atomic E-state index is 13.3. The van der Waals surface area contributed by atoms with Gasteiger partial charge >= 0.3 is 6.36 Å². The largest absolute Gasteiger partial charge is 0.573 e. The summed E-state index contributed by atoms with van der Waals surface area (Å²) in [5.74, 6) is -0.379. The van der Waals surface area contributed by atoms with Crippen LogP contribution in [0.5, 0.6) is 5.75 Å². The van der Waals surface area contributed by atoms with Crippen LogP contribution in [0.1, 0.15) is 13.8 Å². The number of hydrogen-bond acceptors (Lipinski definition) is 6. The van der Waals surface area contributed by atoms with Crippen molar-refractivity contribution in [1.82, 2.24) is 5.32 Å². The van der Waals surface area contributed by atoms with Crippen molar-refractivity contribution < 1.29 is 26.3 Å². The zero-order valence-electron chi connectivity index (χ0n) is 18.5. The molecule has 2 N–H and O–H groups in total. The van der Waals surface area contributed by atoms with Crippen molar-refractivity contribution in [3.05, 3.63) is 60.0 Å². The lowest BCUT2D eigenvalue weighted by molar-refractivity contribution is -0.274. The molecule has 11 heteroatoms. The van der Waals surface area contributed by atoms with E-state index in [9.17, 15) is 21.6 Å². The summed E-state index contributed by atoms with van der Waals surface area (Å²) in [6, 6.07) is 14.1. The molecule has 0 spiro atoms. The minimum atomic E-state index is -4.87. The summed E-state index contributed by atoms with van der Waals surface area (Å²) in [5.41, 5.74) is 0.862. The number of thiophene rings is 1. The summed E-state index contributed by atoms with van der Waals surface area (Å²) in [6.07, 6.45) is -4.87. The van der Waals surface area contributed by atoms with Gasteiger partial charge in [-0.15, -0.1) is 24.5 Å². The van der Waals surface area contributed by atoms with Crippen LogP contribution in [0.4, 0.5) is 24.5 Å². The molecule has 4 rings (SSSR count). The molecule has 1 saturated heterocycles. The Kier molecular flexibility index (Phi) is 6.79. The van der Waals surface area contributed by atoms with E-state index < -0.39 is 16.4 Å². The van der Waals surface area contributed by atoms with Crippen molar-refractivity contribution in [2.45, 2.75) is 37.2 Å². The average Bonchev–Trinajstić information content (AvgIpc) is 3.28. The molecule has 34 heavy (non-hydrogen) atoms. The number of nitrogens with one attached hydrogen (secondary N) is 2. The first kappa shape index (κ1) is 24.4. The molecule has 0 amide bonds. The van der Waals surface area contributed by atoms with Crippen molar-refractivity contribution >= 4 is 32.7 Å². The predicted molar refractivity (Wildman–Crippen MR) is 128 cm³/mol. The van der Waals surface area contributed by atoms with Crippen LogP contribution in [0.15, 0.2) is 64.9 Å². The lowest BCUT2D eigenvalue weighted by atomic mass is 10.1. The van der Waals surface area contributed by atoms with E-state index >= 15 is 0 Å². The maximum Gasteiger partial charge on any atom is 0.573 e. The molecule has 0 saturated carbocycles. The van der Waals surface area contributed by atoms with Crippen molar-refractivity contribution in [3.63, 3.8) is 0 Å². The van der Waals surface area contributed by atoms with Gasteiger partial charge < -0.3 is 15.0 Å². The van der Waals surface area contributed by atoms with E-state index in [1.807, 2.05) is 31.4 Å². The molecule has 0 radical (unpaired) electrons. The molecular weight excluding hydrogens is 487 g/mol. The van der Waals surface area contributed by atoms with Gasteiger partial charge in [0, 0.05) is 35.6 Å². The van der Waals surface area contributed by atoms with Gasteiger partial charge in [-0.25, -0.2) is 8.42 Å². The number of nitrogens with zero attached hydrogens (tertiary/aromatic N) is 1. The molecule has 3 aromatic rings. The van der Waals surface area contributed by atoms with E-state index in [2.05, 4.69) is 14.8 Å². The molecule has 2 heterocycles. The molecule has 1 aliphatic rings. The number of benzene rings is 2. The number of piperazine rings is 1. The highest BCUT2D eigenvalue weighted by molar-refractivity contribution is 7.92. The Morgan fingerprint density at radius 2 is 1.76 bits per heavy atom. The minimum absolute atomic E-state index is 0.0282. The molecule has 2 atom stereocenters. The number of anilines is 2. The van der Waals surface area contributed by atoms with Crippen LogP contribution in [0, 0.1) is 0 Å². The molecule has 2 aromatic carbocycles. The Bertz CT molecular complexity index is 1240. The molecule has 1 fully saturated rings. The normalized spacial score (nSPS) is 19.1. The monoisotopic (exact) mass is 511 g/mol. The molecule has 1 aliphatic heterocycles. The predicted octanol–water partition coefficient (Wildman–Crippen LogP) is 5.30. The maximum atomic E-state index is 13.3. The van der Waals surface area contributed by atoms with Crippen LogP contribution in [0.2, 0.25) is 0 Å². The van der Waals surface area contributed by atoms with Gasteiger partial charge in [-0.05, 0) is 49.6 Å². The van der Waals surface area contributed by atoms with E-state index in [1.54, 1.807) is 23.1 Å². The number of sulfonamides is 1. The first-order valence-corrected chi connectivity index (χ1v) is 12.9.